The first kappa shape index (κ1) is 19.6. The third-order valence-electron chi connectivity index (χ3n) is 3.68. The standard InChI is InChI=1S/C20H27N3O3/c1-20(2,3)23-19(24)15-11-16(13-21-12-15)22-9-8-14-6-7-17(25-4)18(10-14)26-5/h6-7,10-13,22H,8-9H2,1-5H3,(H,23,24). The summed E-state index contributed by atoms with van der Waals surface area (Å²) < 4.78 is 10.6. The zero-order chi connectivity index (χ0) is 19.2. The van der Waals surface area contributed by atoms with E-state index in [1.54, 1.807) is 26.6 Å². The van der Waals surface area contributed by atoms with Gasteiger partial charge in [-0.05, 0) is 51.0 Å². The molecule has 1 aromatic heterocycles. The van der Waals surface area contributed by atoms with Crippen LogP contribution in [0.5, 0.6) is 11.5 Å². The Morgan fingerprint density at radius 2 is 1.81 bits per heavy atom. The number of nitrogens with zero attached hydrogens (tertiary/aromatic N) is 1. The summed E-state index contributed by atoms with van der Waals surface area (Å²) in [6.07, 6.45) is 4.09. The van der Waals surface area contributed by atoms with Crippen LogP contribution >= 0.6 is 0 Å². The van der Waals surface area contributed by atoms with Gasteiger partial charge in [0.05, 0.1) is 25.5 Å². The van der Waals surface area contributed by atoms with Crippen molar-refractivity contribution in [3.05, 3.63) is 47.8 Å². The summed E-state index contributed by atoms with van der Waals surface area (Å²) in [4.78, 5) is 16.4. The number of amides is 1. The van der Waals surface area contributed by atoms with Crippen LogP contribution in [-0.2, 0) is 6.42 Å². The molecule has 0 bridgehead atoms. The maximum Gasteiger partial charge on any atom is 0.253 e. The number of carbonyl (C=O) groups is 1. The summed E-state index contributed by atoms with van der Waals surface area (Å²) in [5.41, 5.74) is 2.20. The highest BCUT2D eigenvalue weighted by atomic mass is 16.5. The summed E-state index contributed by atoms with van der Waals surface area (Å²) in [6.45, 7) is 6.55. The van der Waals surface area contributed by atoms with Crippen LogP contribution < -0.4 is 20.1 Å². The number of benzene rings is 1. The van der Waals surface area contributed by atoms with Gasteiger partial charge in [0.1, 0.15) is 0 Å². The highest BCUT2D eigenvalue weighted by molar-refractivity contribution is 5.95. The van der Waals surface area contributed by atoms with Crippen LogP contribution in [0.15, 0.2) is 36.7 Å². The maximum atomic E-state index is 12.2. The molecule has 0 radical (unpaired) electrons. The van der Waals surface area contributed by atoms with E-state index in [2.05, 4.69) is 15.6 Å². The van der Waals surface area contributed by atoms with Crippen molar-refractivity contribution in [2.24, 2.45) is 0 Å². The van der Waals surface area contributed by atoms with Crippen LogP contribution in [0.3, 0.4) is 0 Å². The summed E-state index contributed by atoms with van der Waals surface area (Å²) in [5.74, 6) is 1.30. The third kappa shape index (κ3) is 5.65. The Balaban J connectivity index is 1.96. The van der Waals surface area contributed by atoms with Gasteiger partial charge in [0.2, 0.25) is 0 Å². The molecule has 6 nitrogen and oxygen atoms in total. The second-order valence-corrected chi connectivity index (χ2v) is 7.03. The van der Waals surface area contributed by atoms with Gasteiger partial charge in [-0.15, -0.1) is 0 Å². The Morgan fingerprint density at radius 3 is 2.46 bits per heavy atom. The van der Waals surface area contributed by atoms with Gasteiger partial charge < -0.3 is 20.1 Å². The summed E-state index contributed by atoms with van der Waals surface area (Å²) in [5, 5.41) is 6.24. The first-order valence-electron chi connectivity index (χ1n) is 8.55. The molecule has 6 heteroatoms. The largest absolute Gasteiger partial charge is 0.493 e. The molecule has 0 unspecified atom stereocenters. The first-order chi connectivity index (χ1) is 12.3. The van der Waals surface area contributed by atoms with E-state index in [9.17, 15) is 4.79 Å². The van der Waals surface area contributed by atoms with Gasteiger partial charge in [0.15, 0.2) is 11.5 Å². The second kappa shape index (κ2) is 8.56. The molecule has 0 saturated carbocycles. The highest BCUT2D eigenvalue weighted by Crippen LogP contribution is 2.27. The zero-order valence-corrected chi connectivity index (χ0v) is 16.1. The Hall–Kier alpha value is -2.76. The molecule has 0 fully saturated rings. The Kier molecular flexibility index (Phi) is 6.44. The molecule has 0 aliphatic heterocycles. The van der Waals surface area contributed by atoms with Crippen molar-refractivity contribution in [3.63, 3.8) is 0 Å². The number of hydrogen-bond donors (Lipinski definition) is 2. The Labute approximate surface area is 154 Å². The number of nitrogens with one attached hydrogen (secondary N) is 2. The molecular weight excluding hydrogens is 330 g/mol. The van der Waals surface area contributed by atoms with Crippen molar-refractivity contribution in [3.8, 4) is 11.5 Å². The SMILES string of the molecule is COc1ccc(CCNc2cncc(C(=O)NC(C)(C)C)c2)cc1OC. The number of methoxy groups -OCH3 is 2. The average molecular weight is 357 g/mol. The van der Waals surface area contributed by atoms with E-state index in [0.717, 1.165) is 17.7 Å². The minimum absolute atomic E-state index is 0.131. The lowest BCUT2D eigenvalue weighted by Gasteiger charge is -2.20. The van der Waals surface area contributed by atoms with Gasteiger partial charge >= 0.3 is 0 Å². The van der Waals surface area contributed by atoms with Gasteiger partial charge in [-0.3, -0.25) is 9.78 Å². The van der Waals surface area contributed by atoms with Crippen LogP contribution in [0.1, 0.15) is 36.7 Å². The number of anilines is 1. The van der Waals surface area contributed by atoms with Gasteiger partial charge in [-0.2, -0.15) is 0 Å². The molecule has 26 heavy (non-hydrogen) atoms. The molecule has 1 aromatic carbocycles. The fraction of sp³-hybridized carbons (Fsp3) is 0.400. The lowest BCUT2D eigenvalue weighted by Crippen LogP contribution is -2.40. The summed E-state index contributed by atoms with van der Waals surface area (Å²) in [7, 11) is 3.24. The molecule has 2 aromatic rings. The lowest BCUT2D eigenvalue weighted by molar-refractivity contribution is 0.0919. The van der Waals surface area contributed by atoms with Crippen LogP contribution in [0, 0.1) is 0 Å². The Morgan fingerprint density at radius 1 is 1.08 bits per heavy atom. The number of pyridine rings is 1. The molecule has 0 aliphatic rings. The molecule has 1 amide bonds. The van der Waals surface area contributed by atoms with Crippen molar-refractivity contribution in [2.75, 3.05) is 26.1 Å². The number of carbonyl (C=O) groups excluding carboxylic acids is 1. The number of aromatic nitrogens is 1. The van der Waals surface area contributed by atoms with Crippen molar-refractivity contribution >= 4 is 11.6 Å². The topological polar surface area (TPSA) is 72.5 Å². The predicted molar refractivity (Wildman–Crippen MR) is 103 cm³/mol. The van der Waals surface area contributed by atoms with Crippen LogP contribution in [-0.4, -0.2) is 37.2 Å². The average Bonchev–Trinajstić information content (AvgIpc) is 2.60. The van der Waals surface area contributed by atoms with Crippen molar-refractivity contribution in [1.29, 1.82) is 0 Å². The normalized spacial score (nSPS) is 11.0. The van der Waals surface area contributed by atoms with E-state index in [4.69, 9.17) is 9.47 Å². The Bertz CT molecular complexity index is 754. The number of ether oxygens (including phenoxy) is 2. The van der Waals surface area contributed by atoms with E-state index < -0.39 is 0 Å². The van der Waals surface area contributed by atoms with Gasteiger partial charge in [0, 0.05) is 24.5 Å². The van der Waals surface area contributed by atoms with E-state index in [1.807, 2.05) is 45.0 Å². The van der Waals surface area contributed by atoms with Crippen LogP contribution in [0.25, 0.3) is 0 Å². The fourth-order valence-electron chi connectivity index (χ4n) is 2.46. The monoisotopic (exact) mass is 357 g/mol. The maximum absolute atomic E-state index is 12.2. The fourth-order valence-corrected chi connectivity index (χ4v) is 2.46. The van der Waals surface area contributed by atoms with Gasteiger partial charge in [0.25, 0.3) is 5.91 Å². The van der Waals surface area contributed by atoms with E-state index in [0.29, 0.717) is 23.6 Å². The molecule has 0 atom stereocenters. The number of rotatable bonds is 7. The predicted octanol–water partition coefficient (Wildman–Crippen LogP) is 3.28. The quantitative estimate of drug-likeness (QED) is 0.796. The third-order valence-corrected chi connectivity index (χ3v) is 3.68. The van der Waals surface area contributed by atoms with Crippen molar-refractivity contribution in [2.45, 2.75) is 32.7 Å². The highest BCUT2D eigenvalue weighted by Gasteiger charge is 2.15. The minimum atomic E-state index is -0.284. The first-order valence-corrected chi connectivity index (χ1v) is 8.55. The molecular formula is C20H27N3O3. The van der Waals surface area contributed by atoms with Crippen molar-refractivity contribution in [1.82, 2.24) is 10.3 Å². The van der Waals surface area contributed by atoms with Crippen molar-refractivity contribution < 1.29 is 14.3 Å². The molecule has 0 spiro atoms. The second-order valence-electron chi connectivity index (χ2n) is 7.03. The lowest BCUT2D eigenvalue weighted by atomic mass is 10.1. The molecule has 2 N–H and O–H groups in total. The van der Waals surface area contributed by atoms with Crippen LogP contribution in [0.4, 0.5) is 5.69 Å². The summed E-state index contributed by atoms with van der Waals surface area (Å²) >= 11 is 0. The number of hydrogen-bond acceptors (Lipinski definition) is 5. The molecule has 140 valence electrons. The zero-order valence-electron chi connectivity index (χ0n) is 16.1. The van der Waals surface area contributed by atoms with Gasteiger partial charge in [-0.25, -0.2) is 0 Å². The molecule has 2 rings (SSSR count). The van der Waals surface area contributed by atoms with E-state index >= 15 is 0 Å². The smallest absolute Gasteiger partial charge is 0.253 e. The van der Waals surface area contributed by atoms with E-state index in [-0.39, 0.29) is 11.4 Å². The minimum Gasteiger partial charge on any atom is -0.493 e. The molecule has 0 aliphatic carbocycles. The molecule has 1 heterocycles. The summed E-state index contributed by atoms with van der Waals surface area (Å²) in [6, 6.07) is 7.68. The molecule has 0 saturated heterocycles. The van der Waals surface area contributed by atoms with E-state index in [1.165, 1.54) is 0 Å². The van der Waals surface area contributed by atoms with Crippen LogP contribution in [0.2, 0.25) is 0 Å². The van der Waals surface area contributed by atoms with Gasteiger partial charge in [-0.1, -0.05) is 6.07 Å².